The van der Waals surface area contributed by atoms with Crippen molar-refractivity contribution in [1.82, 2.24) is 74.9 Å². The molecule has 504 valence electrons. The van der Waals surface area contributed by atoms with Gasteiger partial charge in [-0.1, -0.05) is 12.1 Å². The Morgan fingerprint density at radius 3 is 1.51 bits per heavy atom. The molecule has 0 bridgehead atoms. The van der Waals surface area contributed by atoms with E-state index in [1.165, 1.54) is 11.3 Å². The number of furan rings is 3. The summed E-state index contributed by atoms with van der Waals surface area (Å²) in [4.78, 5) is 68.4. The van der Waals surface area contributed by atoms with Gasteiger partial charge in [-0.2, -0.15) is 30.6 Å². The predicted molar refractivity (Wildman–Crippen MR) is 355 cm³/mol. The molecule has 0 radical (unpaired) electrons. The molecule has 0 atom stereocenters. The molecule has 8 N–H and O–H groups in total. The molecule has 0 aliphatic carbocycles. The number of carbonyl (C=O) groups is 5. The van der Waals surface area contributed by atoms with E-state index in [0.717, 1.165) is 57.3 Å². The van der Waals surface area contributed by atoms with Crippen LogP contribution in [0.15, 0.2) is 141 Å². The van der Waals surface area contributed by atoms with Crippen LogP contribution in [0.1, 0.15) is 87.2 Å². The molecular formula is C65H70N18O13S. The van der Waals surface area contributed by atoms with Crippen LogP contribution < -0.4 is 16.0 Å². The van der Waals surface area contributed by atoms with E-state index in [-0.39, 0.29) is 54.0 Å². The highest BCUT2D eigenvalue weighted by Crippen LogP contribution is 2.34. The minimum atomic E-state index is -0.369. The Morgan fingerprint density at radius 2 is 1.09 bits per heavy atom. The molecule has 0 saturated carbocycles. The lowest BCUT2D eigenvalue weighted by atomic mass is 10.1. The smallest absolute Gasteiger partial charge is 0.291 e. The van der Waals surface area contributed by atoms with Crippen LogP contribution >= 0.6 is 11.3 Å². The Bertz CT molecular complexity index is 4210. The highest BCUT2D eigenvalue weighted by Gasteiger charge is 2.26. The van der Waals surface area contributed by atoms with Gasteiger partial charge in [0.25, 0.3) is 30.7 Å². The number of rotatable bonds is 21. The maximum Gasteiger partial charge on any atom is 0.291 e. The summed E-state index contributed by atoms with van der Waals surface area (Å²) in [5.41, 5.74) is 10.7. The minimum absolute atomic E-state index is 0.198. The summed E-state index contributed by atoms with van der Waals surface area (Å²) in [7, 11) is 0. The van der Waals surface area contributed by atoms with Gasteiger partial charge < -0.3 is 53.6 Å². The van der Waals surface area contributed by atoms with Crippen LogP contribution in [0.2, 0.25) is 0 Å². The Labute approximate surface area is 557 Å². The number of hydrogen-bond donors (Lipinski definition) is 8. The van der Waals surface area contributed by atoms with Crippen LogP contribution in [0.5, 0.6) is 0 Å². The Balaban J connectivity index is 0.000000164. The van der Waals surface area contributed by atoms with E-state index < -0.39 is 0 Å². The second-order valence-corrected chi connectivity index (χ2v) is 21.7. The second-order valence-electron chi connectivity index (χ2n) is 20.9. The fraction of sp³-hybridized carbons (Fsp3) is 0.262. The quantitative estimate of drug-likeness (QED) is 0.0245. The number of aromatic nitrogens is 15. The van der Waals surface area contributed by atoms with Gasteiger partial charge in [-0.15, -0.1) is 11.3 Å². The summed E-state index contributed by atoms with van der Waals surface area (Å²) in [5.74, 6) is 1.28. The average Bonchev–Trinajstić information content (AvgIpc) is 1.69. The molecule has 1 aliphatic rings. The largest absolute Gasteiger partial charge is 0.483 e. The first-order valence-corrected chi connectivity index (χ1v) is 31.2. The third kappa shape index (κ3) is 18.1. The minimum Gasteiger partial charge on any atom is -0.483 e. The van der Waals surface area contributed by atoms with Crippen molar-refractivity contribution in [3.05, 3.63) is 168 Å². The molecule has 0 spiro atoms. The lowest BCUT2D eigenvalue weighted by Gasteiger charge is -2.22. The number of nitrogens with one attached hydrogen (secondary N) is 6. The standard InChI is InChI=1S/2C22H24N6O3.C19H18N6O3S.2CH2O2/c2*1-4-30-12-11-28-13-17(21(27-28)16-7-5-6-10-23-16)24-22(29)19-9-8-18(31-19)20-14(2)25-26-15(20)3;26-18(16-2-1-15(28-16)12-9-21-22-10-12)23-14-11-25(13-3-6-27-7-4-13)24-17(14)19-20-5-8-29-19;2*2-1-3/h2*5-10,13H,4,11-12H2,1-3H3,(H,24,29)(H,25,26);1-2,5,8-11,13H,3-4,6-7H2,(H,21,22)(H,23,26);2*1H,(H,2,3). The van der Waals surface area contributed by atoms with Crippen LogP contribution in [0.4, 0.5) is 17.1 Å². The van der Waals surface area contributed by atoms with Crippen LogP contribution in [0.25, 0.3) is 67.4 Å². The molecule has 1 aliphatic heterocycles. The van der Waals surface area contributed by atoms with E-state index in [4.69, 9.17) is 52.4 Å². The molecule has 12 aromatic rings. The number of aryl methyl sites for hydroxylation is 4. The topological polar surface area (TPSA) is 407 Å². The molecule has 0 aromatic carbocycles. The molecule has 1 fully saturated rings. The first-order valence-electron chi connectivity index (χ1n) is 30.4. The number of anilines is 3. The zero-order valence-corrected chi connectivity index (χ0v) is 54.4. The second kappa shape index (κ2) is 34.4. The highest BCUT2D eigenvalue weighted by molar-refractivity contribution is 7.13. The van der Waals surface area contributed by atoms with Gasteiger partial charge >= 0.3 is 0 Å². The molecule has 1 saturated heterocycles. The molecule has 3 amide bonds. The summed E-state index contributed by atoms with van der Waals surface area (Å²) in [6.45, 7) is 15.8. The number of aromatic amines is 3. The Kier molecular flexibility index (Phi) is 24.7. The van der Waals surface area contributed by atoms with E-state index in [1.807, 2.05) is 94.2 Å². The monoisotopic (exact) mass is 1340 g/mol. The van der Waals surface area contributed by atoms with E-state index in [0.29, 0.717) is 116 Å². The van der Waals surface area contributed by atoms with E-state index in [1.54, 1.807) is 89.1 Å². The summed E-state index contributed by atoms with van der Waals surface area (Å²) in [5, 5.41) is 59.9. The molecule has 0 unspecified atom stereocenters. The van der Waals surface area contributed by atoms with Crippen molar-refractivity contribution < 1.29 is 61.6 Å². The number of ether oxygens (including phenoxy) is 3. The number of hydrogen-bond acceptors (Lipinski definition) is 21. The average molecular weight is 1340 g/mol. The van der Waals surface area contributed by atoms with E-state index in [9.17, 15) is 14.4 Å². The lowest BCUT2D eigenvalue weighted by Crippen LogP contribution is -2.20. The van der Waals surface area contributed by atoms with Crippen molar-refractivity contribution in [2.45, 2.75) is 73.5 Å². The van der Waals surface area contributed by atoms with Gasteiger partial charge in [-0.25, -0.2) is 4.98 Å². The highest BCUT2D eigenvalue weighted by atomic mass is 32.1. The molecular weight excluding hydrogens is 1270 g/mol. The number of carbonyl (C=O) groups excluding carboxylic acids is 3. The van der Waals surface area contributed by atoms with Gasteiger partial charge in [0.2, 0.25) is 0 Å². The maximum absolute atomic E-state index is 12.9. The number of H-pyrrole nitrogens is 3. The summed E-state index contributed by atoms with van der Waals surface area (Å²) in [6.07, 6.45) is 15.6. The van der Waals surface area contributed by atoms with Gasteiger partial charge in [-0.3, -0.25) is 63.3 Å². The SMILES string of the molecule is CCOCCn1cc(NC(=O)c2ccc(-c3c(C)n[nH]c3C)o2)c(-c2ccccn2)n1.CCOCCn1cc(NC(=O)c2ccc(-c3c(C)n[nH]c3C)o2)c(-c2ccccn2)n1.O=C(Nc1cn(C2CCOCC2)nc1-c1nccs1)c1ccc(-c2cn[nH]c2)o1.O=CO.O=CO. The fourth-order valence-electron chi connectivity index (χ4n) is 9.93. The summed E-state index contributed by atoms with van der Waals surface area (Å²) < 4.78 is 39.0. The summed E-state index contributed by atoms with van der Waals surface area (Å²) >= 11 is 1.48. The van der Waals surface area contributed by atoms with Crippen LogP contribution in [0.3, 0.4) is 0 Å². The number of thiazole rings is 1. The molecule has 13 rings (SSSR count). The normalized spacial score (nSPS) is 11.8. The molecule has 31 nitrogen and oxygen atoms in total. The zero-order chi connectivity index (χ0) is 68.6. The van der Waals surface area contributed by atoms with Crippen molar-refractivity contribution in [2.24, 2.45) is 0 Å². The van der Waals surface area contributed by atoms with Gasteiger partial charge in [-0.05, 0) is 115 Å². The fourth-order valence-corrected chi connectivity index (χ4v) is 10.6. The van der Waals surface area contributed by atoms with Crippen molar-refractivity contribution in [1.29, 1.82) is 0 Å². The number of amides is 3. The molecule has 32 heteroatoms. The van der Waals surface area contributed by atoms with Crippen molar-refractivity contribution in [3.63, 3.8) is 0 Å². The van der Waals surface area contributed by atoms with E-state index >= 15 is 0 Å². The third-order valence-corrected chi connectivity index (χ3v) is 15.2. The first-order chi connectivity index (χ1) is 47.2. The lowest BCUT2D eigenvalue weighted by molar-refractivity contribution is -0.123. The predicted octanol–water partition coefficient (Wildman–Crippen LogP) is 10.7. The number of carboxylic acid groups (broad SMARTS) is 2. The summed E-state index contributed by atoms with van der Waals surface area (Å²) in [6, 6.07) is 21.6. The van der Waals surface area contributed by atoms with Gasteiger partial charge in [0, 0.05) is 86.6 Å². The zero-order valence-electron chi connectivity index (χ0n) is 53.6. The van der Waals surface area contributed by atoms with Gasteiger partial charge in [0.15, 0.2) is 17.3 Å². The van der Waals surface area contributed by atoms with Crippen molar-refractivity contribution >= 4 is 59.1 Å². The Morgan fingerprint density at radius 1 is 0.619 bits per heavy atom. The van der Waals surface area contributed by atoms with Crippen LogP contribution in [-0.4, -0.2) is 155 Å². The van der Waals surface area contributed by atoms with Crippen LogP contribution in [-0.2, 0) is 36.9 Å². The van der Waals surface area contributed by atoms with Crippen molar-refractivity contribution in [3.8, 4) is 67.4 Å². The first kappa shape index (κ1) is 69.6. The van der Waals surface area contributed by atoms with E-state index in [2.05, 4.69) is 71.7 Å². The molecule has 97 heavy (non-hydrogen) atoms. The molecule has 13 heterocycles. The maximum atomic E-state index is 12.9. The van der Waals surface area contributed by atoms with Crippen LogP contribution in [0, 0.1) is 27.7 Å². The number of nitrogens with zero attached hydrogens (tertiary/aromatic N) is 12. The number of pyridine rings is 2. The van der Waals surface area contributed by atoms with Gasteiger partial charge in [0.1, 0.15) is 39.4 Å². The van der Waals surface area contributed by atoms with Crippen molar-refractivity contribution in [2.75, 3.05) is 55.6 Å². The Hall–Kier alpha value is -11.7. The van der Waals surface area contributed by atoms with Gasteiger partial charge in [0.05, 0.1) is 95.1 Å². The molecule has 12 aromatic heterocycles. The third-order valence-electron chi connectivity index (χ3n) is 14.4.